The molecule has 3 unspecified atom stereocenters. The molecule has 0 aromatic heterocycles. The van der Waals surface area contributed by atoms with E-state index in [0.29, 0.717) is 5.03 Å². The third-order valence-electron chi connectivity index (χ3n) is 1.63. The number of aliphatic hydroxyl groups excluding tert-OH is 2. The average molecular weight is 195 g/mol. The zero-order valence-electron chi connectivity index (χ0n) is 6.61. The fourth-order valence-corrected chi connectivity index (χ4v) is 1.24. The van der Waals surface area contributed by atoms with E-state index in [1.54, 1.807) is 0 Å². The number of methoxy groups -OCH3 is 1. The summed E-state index contributed by atoms with van der Waals surface area (Å²) in [6, 6.07) is 0. The van der Waals surface area contributed by atoms with E-state index in [4.69, 9.17) is 26.2 Å². The lowest BCUT2D eigenvalue weighted by Crippen LogP contribution is -2.39. The standard InChI is InChI=1S/C7H11ClO4/c1-11-7-4(8)2-5(10)6(3-9)12-7/h2,5-7,9-10H,3H2,1H3. The summed E-state index contributed by atoms with van der Waals surface area (Å²) in [6.45, 7) is -0.262. The van der Waals surface area contributed by atoms with Crippen molar-refractivity contribution >= 4 is 11.6 Å². The van der Waals surface area contributed by atoms with Gasteiger partial charge in [-0.15, -0.1) is 0 Å². The van der Waals surface area contributed by atoms with Crippen molar-refractivity contribution in [2.75, 3.05) is 13.7 Å². The molecular formula is C7H11ClO4. The van der Waals surface area contributed by atoms with Crippen LogP contribution >= 0.6 is 11.6 Å². The Morgan fingerprint density at radius 3 is 2.92 bits per heavy atom. The predicted molar refractivity (Wildman–Crippen MR) is 42.7 cm³/mol. The second kappa shape index (κ2) is 4.20. The molecule has 0 spiro atoms. The molecule has 0 aromatic rings. The van der Waals surface area contributed by atoms with Gasteiger partial charge in [-0.1, -0.05) is 11.6 Å². The summed E-state index contributed by atoms with van der Waals surface area (Å²) in [4.78, 5) is 0. The van der Waals surface area contributed by atoms with Gasteiger partial charge in [0.2, 0.25) is 0 Å². The molecule has 5 heteroatoms. The van der Waals surface area contributed by atoms with Gasteiger partial charge in [-0.05, 0) is 6.08 Å². The van der Waals surface area contributed by atoms with Gasteiger partial charge in [0.05, 0.1) is 11.6 Å². The Kier molecular flexibility index (Phi) is 3.49. The van der Waals surface area contributed by atoms with Crippen LogP contribution in [0.3, 0.4) is 0 Å². The van der Waals surface area contributed by atoms with Crippen LogP contribution in [0, 0.1) is 0 Å². The van der Waals surface area contributed by atoms with Gasteiger partial charge in [-0.3, -0.25) is 0 Å². The largest absolute Gasteiger partial charge is 0.394 e. The lowest BCUT2D eigenvalue weighted by Gasteiger charge is -2.29. The molecule has 0 bridgehead atoms. The zero-order chi connectivity index (χ0) is 9.14. The molecule has 2 N–H and O–H groups in total. The number of ether oxygens (including phenoxy) is 2. The van der Waals surface area contributed by atoms with E-state index in [1.807, 2.05) is 0 Å². The van der Waals surface area contributed by atoms with E-state index in [9.17, 15) is 5.11 Å². The Morgan fingerprint density at radius 2 is 2.42 bits per heavy atom. The summed E-state index contributed by atoms with van der Waals surface area (Å²) in [5, 5.41) is 18.3. The van der Waals surface area contributed by atoms with E-state index in [-0.39, 0.29) is 6.61 Å². The summed E-state index contributed by atoms with van der Waals surface area (Å²) in [5.41, 5.74) is 0. The smallest absolute Gasteiger partial charge is 0.194 e. The molecule has 4 nitrogen and oxygen atoms in total. The second-order valence-corrected chi connectivity index (χ2v) is 2.90. The second-order valence-electron chi connectivity index (χ2n) is 2.47. The van der Waals surface area contributed by atoms with Crippen LogP contribution in [0.5, 0.6) is 0 Å². The van der Waals surface area contributed by atoms with Crippen molar-refractivity contribution in [1.82, 2.24) is 0 Å². The highest BCUT2D eigenvalue weighted by Gasteiger charge is 2.29. The molecular weight excluding hydrogens is 184 g/mol. The minimum absolute atomic E-state index is 0.262. The van der Waals surface area contributed by atoms with E-state index in [0.717, 1.165) is 0 Å². The van der Waals surface area contributed by atoms with Gasteiger partial charge in [0.15, 0.2) is 6.29 Å². The lowest BCUT2D eigenvalue weighted by atomic mass is 10.1. The summed E-state index contributed by atoms with van der Waals surface area (Å²) >= 11 is 5.67. The maximum absolute atomic E-state index is 9.25. The van der Waals surface area contributed by atoms with Crippen molar-refractivity contribution in [3.63, 3.8) is 0 Å². The predicted octanol–water partition coefficient (Wildman–Crippen LogP) is -0.166. The van der Waals surface area contributed by atoms with Crippen LogP contribution in [-0.2, 0) is 9.47 Å². The molecule has 70 valence electrons. The van der Waals surface area contributed by atoms with Gasteiger partial charge < -0.3 is 19.7 Å². The van der Waals surface area contributed by atoms with Gasteiger partial charge in [-0.2, -0.15) is 0 Å². The minimum Gasteiger partial charge on any atom is -0.394 e. The van der Waals surface area contributed by atoms with Gasteiger partial charge >= 0.3 is 0 Å². The molecule has 0 saturated carbocycles. The van der Waals surface area contributed by atoms with Crippen molar-refractivity contribution in [2.24, 2.45) is 0 Å². The average Bonchev–Trinajstić information content (AvgIpc) is 2.05. The zero-order valence-corrected chi connectivity index (χ0v) is 7.36. The van der Waals surface area contributed by atoms with Crippen molar-refractivity contribution in [1.29, 1.82) is 0 Å². The van der Waals surface area contributed by atoms with Crippen LogP contribution in [0.2, 0.25) is 0 Å². The fraction of sp³-hybridized carbons (Fsp3) is 0.714. The van der Waals surface area contributed by atoms with Crippen LogP contribution in [0.25, 0.3) is 0 Å². The Hall–Kier alpha value is -0.130. The molecule has 0 aliphatic carbocycles. The SMILES string of the molecule is COC1OC(CO)C(O)C=C1Cl. The topological polar surface area (TPSA) is 58.9 Å². The Morgan fingerprint density at radius 1 is 1.75 bits per heavy atom. The van der Waals surface area contributed by atoms with Crippen molar-refractivity contribution in [3.05, 3.63) is 11.1 Å². The Labute approximate surface area is 75.4 Å². The first-order valence-electron chi connectivity index (χ1n) is 3.53. The van der Waals surface area contributed by atoms with Crippen LogP contribution in [0.15, 0.2) is 11.1 Å². The van der Waals surface area contributed by atoms with E-state index < -0.39 is 18.5 Å². The highest BCUT2D eigenvalue weighted by atomic mass is 35.5. The summed E-state index contributed by atoms with van der Waals surface area (Å²) < 4.78 is 9.93. The molecule has 0 fully saturated rings. The molecule has 0 amide bonds. The molecule has 0 aromatic carbocycles. The van der Waals surface area contributed by atoms with Crippen LogP contribution < -0.4 is 0 Å². The summed E-state index contributed by atoms with van der Waals surface area (Å²) in [6.07, 6.45) is -0.793. The first-order valence-corrected chi connectivity index (χ1v) is 3.91. The van der Waals surface area contributed by atoms with Crippen molar-refractivity contribution < 1.29 is 19.7 Å². The van der Waals surface area contributed by atoms with Gasteiger partial charge in [0.1, 0.15) is 12.2 Å². The molecule has 1 rings (SSSR count). The lowest BCUT2D eigenvalue weighted by molar-refractivity contribution is -0.170. The highest BCUT2D eigenvalue weighted by Crippen LogP contribution is 2.22. The number of hydrogen-bond donors (Lipinski definition) is 2. The molecule has 0 saturated heterocycles. The molecule has 3 atom stereocenters. The molecule has 1 aliphatic heterocycles. The first kappa shape index (κ1) is 9.95. The summed E-state index contributed by atoms with van der Waals surface area (Å²) in [7, 11) is 1.44. The monoisotopic (exact) mass is 194 g/mol. The summed E-state index contributed by atoms with van der Waals surface area (Å²) in [5.74, 6) is 0. The first-order chi connectivity index (χ1) is 5.69. The molecule has 1 heterocycles. The van der Waals surface area contributed by atoms with Crippen LogP contribution in [0.4, 0.5) is 0 Å². The number of aliphatic hydroxyl groups is 2. The van der Waals surface area contributed by atoms with Crippen molar-refractivity contribution in [3.8, 4) is 0 Å². The fourth-order valence-electron chi connectivity index (χ4n) is 0.972. The maximum atomic E-state index is 9.25. The quantitative estimate of drug-likeness (QED) is 0.641. The Balaban J connectivity index is 2.68. The molecule has 12 heavy (non-hydrogen) atoms. The van der Waals surface area contributed by atoms with E-state index >= 15 is 0 Å². The van der Waals surface area contributed by atoms with Gasteiger partial charge in [-0.25, -0.2) is 0 Å². The van der Waals surface area contributed by atoms with Crippen LogP contribution in [-0.4, -0.2) is 42.4 Å². The minimum atomic E-state index is -0.867. The molecule has 0 radical (unpaired) electrons. The van der Waals surface area contributed by atoms with E-state index in [2.05, 4.69) is 0 Å². The Bertz CT molecular complexity index is 182. The van der Waals surface area contributed by atoms with Gasteiger partial charge in [0.25, 0.3) is 0 Å². The number of hydrogen-bond acceptors (Lipinski definition) is 4. The van der Waals surface area contributed by atoms with Crippen molar-refractivity contribution in [2.45, 2.75) is 18.5 Å². The normalized spacial score (nSPS) is 36.3. The number of rotatable bonds is 2. The third kappa shape index (κ3) is 1.97. The third-order valence-corrected chi connectivity index (χ3v) is 1.93. The molecule has 1 aliphatic rings. The number of halogens is 1. The van der Waals surface area contributed by atoms with E-state index in [1.165, 1.54) is 13.2 Å². The maximum Gasteiger partial charge on any atom is 0.194 e. The highest BCUT2D eigenvalue weighted by molar-refractivity contribution is 6.30. The van der Waals surface area contributed by atoms with Crippen LogP contribution in [0.1, 0.15) is 0 Å². The van der Waals surface area contributed by atoms with Gasteiger partial charge in [0, 0.05) is 7.11 Å².